The minimum Gasteiger partial charge on any atom is -0.481 e. The Kier molecular flexibility index (Phi) is 5.61. The molecule has 4 nitrogen and oxygen atoms in total. The van der Waals surface area contributed by atoms with Gasteiger partial charge in [-0.15, -0.1) is 11.3 Å². The highest BCUT2D eigenvalue weighted by Gasteiger charge is 2.19. The molecule has 0 spiro atoms. The summed E-state index contributed by atoms with van der Waals surface area (Å²) in [6, 6.07) is 1.74. The van der Waals surface area contributed by atoms with E-state index in [0.717, 1.165) is 7.57 Å². The largest absolute Gasteiger partial charge is 0.481 e. The normalized spacial score (nSPS) is 10.3. The highest BCUT2D eigenvalue weighted by atomic mass is 79.9. The van der Waals surface area contributed by atoms with Crippen molar-refractivity contribution < 1.29 is 14.7 Å². The van der Waals surface area contributed by atoms with Gasteiger partial charge >= 0.3 is 5.97 Å². The summed E-state index contributed by atoms with van der Waals surface area (Å²) < 4.78 is 1.62. The van der Waals surface area contributed by atoms with E-state index in [0.29, 0.717) is 12.1 Å². The molecule has 1 aromatic heterocycles. The van der Waals surface area contributed by atoms with Gasteiger partial charge in [0.15, 0.2) is 0 Å². The Hall–Kier alpha value is -0.400. The van der Waals surface area contributed by atoms with Crippen LogP contribution in [0.3, 0.4) is 0 Å². The van der Waals surface area contributed by atoms with Gasteiger partial charge in [0.1, 0.15) is 0 Å². The maximum Gasteiger partial charge on any atom is 0.305 e. The molecule has 0 atom stereocenters. The third kappa shape index (κ3) is 4.08. The zero-order valence-corrected chi connectivity index (χ0v) is 13.1. The van der Waals surface area contributed by atoms with E-state index in [4.69, 9.17) is 5.11 Å². The summed E-state index contributed by atoms with van der Waals surface area (Å²) >= 11 is 8.05. The molecule has 0 radical (unpaired) electrons. The van der Waals surface area contributed by atoms with E-state index in [2.05, 4.69) is 31.9 Å². The van der Waals surface area contributed by atoms with E-state index >= 15 is 0 Å². The molecule has 1 amide bonds. The Labute approximate surface area is 120 Å². The molecule has 0 aliphatic heterocycles. The quantitative estimate of drug-likeness (QED) is 0.847. The molecule has 0 unspecified atom stereocenters. The van der Waals surface area contributed by atoms with E-state index in [-0.39, 0.29) is 18.9 Å². The van der Waals surface area contributed by atoms with Crippen LogP contribution in [-0.4, -0.2) is 35.0 Å². The lowest BCUT2D eigenvalue weighted by molar-refractivity contribution is -0.137. The summed E-state index contributed by atoms with van der Waals surface area (Å²) in [5.41, 5.74) is 0.564. The highest BCUT2D eigenvalue weighted by Crippen LogP contribution is 2.32. The smallest absolute Gasteiger partial charge is 0.305 e. The van der Waals surface area contributed by atoms with Crippen LogP contribution in [0.1, 0.15) is 23.7 Å². The molecule has 0 saturated heterocycles. The first-order chi connectivity index (χ1) is 7.95. The van der Waals surface area contributed by atoms with Crippen LogP contribution in [0.4, 0.5) is 0 Å². The maximum atomic E-state index is 12.1. The van der Waals surface area contributed by atoms with E-state index in [1.54, 1.807) is 6.07 Å². The summed E-state index contributed by atoms with van der Waals surface area (Å²) in [6.45, 7) is 2.55. The van der Waals surface area contributed by atoms with Crippen LogP contribution < -0.4 is 0 Å². The van der Waals surface area contributed by atoms with Gasteiger partial charge in [0.25, 0.3) is 5.91 Å². The molecule has 0 aliphatic carbocycles. The van der Waals surface area contributed by atoms with Crippen molar-refractivity contribution >= 4 is 55.1 Å². The van der Waals surface area contributed by atoms with Gasteiger partial charge in [0.2, 0.25) is 0 Å². The van der Waals surface area contributed by atoms with Gasteiger partial charge in [-0.25, -0.2) is 0 Å². The standard InChI is InChI=1S/C10H11Br2NO3S/c1-2-13(4-3-8(14)15)10(16)6-5-7(11)17-9(6)12/h5H,2-4H2,1H3,(H,14,15). The number of amides is 1. The zero-order valence-electron chi connectivity index (χ0n) is 9.07. The van der Waals surface area contributed by atoms with Crippen molar-refractivity contribution in [3.8, 4) is 0 Å². The van der Waals surface area contributed by atoms with Gasteiger partial charge in [-0.1, -0.05) is 0 Å². The first kappa shape index (κ1) is 14.7. The van der Waals surface area contributed by atoms with Gasteiger partial charge in [-0.2, -0.15) is 0 Å². The lowest BCUT2D eigenvalue weighted by Gasteiger charge is -2.19. The number of hydrogen-bond acceptors (Lipinski definition) is 3. The molecule has 0 saturated carbocycles. The number of aliphatic carboxylic acids is 1. The summed E-state index contributed by atoms with van der Waals surface area (Å²) in [4.78, 5) is 24.1. The molecule has 0 aromatic carbocycles. The first-order valence-electron chi connectivity index (χ1n) is 4.91. The fourth-order valence-electron chi connectivity index (χ4n) is 1.29. The summed E-state index contributed by atoms with van der Waals surface area (Å²) in [6.07, 6.45) is -0.0392. The number of carboxylic acids is 1. The van der Waals surface area contributed by atoms with Crippen molar-refractivity contribution in [3.63, 3.8) is 0 Å². The van der Waals surface area contributed by atoms with Crippen molar-refractivity contribution in [2.75, 3.05) is 13.1 Å². The van der Waals surface area contributed by atoms with Crippen LogP contribution >= 0.6 is 43.2 Å². The minimum atomic E-state index is -0.901. The van der Waals surface area contributed by atoms with Crippen LogP contribution in [0.2, 0.25) is 0 Å². The molecular formula is C10H11Br2NO3S. The van der Waals surface area contributed by atoms with Gasteiger partial charge < -0.3 is 10.0 Å². The fraction of sp³-hybridized carbons (Fsp3) is 0.400. The number of carboxylic acid groups (broad SMARTS) is 1. The van der Waals surface area contributed by atoms with Gasteiger partial charge in [0, 0.05) is 13.1 Å². The Morgan fingerprint density at radius 2 is 2.12 bits per heavy atom. The molecule has 0 bridgehead atoms. The second-order valence-electron chi connectivity index (χ2n) is 3.27. The summed E-state index contributed by atoms with van der Waals surface area (Å²) in [5, 5.41) is 8.62. The molecule has 1 heterocycles. The second-order valence-corrected chi connectivity index (χ2v) is 7.02. The second kappa shape index (κ2) is 6.51. The van der Waals surface area contributed by atoms with Crippen LogP contribution in [0.5, 0.6) is 0 Å². The third-order valence-electron chi connectivity index (χ3n) is 2.15. The highest BCUT2D eigenvalue weighted by molar-refractivity contribution is 9.12. The van der Waals surface area contributed by atoms with Crippen molar-refractivity contribution in [3.05, 3.63) is 19.2 Å². The van der Waals surface area contributed by atoms with Crippen LogP contribution in [0, 0.1) is 0 Å². The number of halogens is 2. The number of carbonyl (C=O) groups excluding carboxylic acids is 1. The SMILES string of the molecule is CCN(CCC(=O)O)C(=O)c1cc(Br)sc1Br. The van der Waals surface area contributed by atoms with Crippen LogP contribution in [0.25, 0.3) is 0 Å². The van der Waals surface area contributed by atoms with Crippen molar-refractivity contribution in [2.45, 2.75) is 13.3 Å². The molecule has 0 fully saturated rings. The lowest BCUT2D eigenvalue weighted by atomic mass is 10.2. The summed E-state index contributed by atoms with van der Waals surface area (Å²) in [5.74, 6) is -1.05. The monoisotopic (exact) mass is 383 g/mol. The van der Waals surface area contributed by atoms with Crippen molar-refractivity contribution in [2.24, 2.45) is 0 Å². The number of rotatable bonds is 5. The Balaban J connectivity index is 2.79. The van der Waals surface area contributed by atoms with Crippen molar-refractivity contribution in [1.29, 1.82) is 0 Å². The fourth-order valence-corrected chi connectivity index (χ4v) is 4.07. The van der Waals surface area contributed by atoms with Gasteiger partial charge in [0.05, 0.1) is 19.6 Å². The van der Waals surface area contributed by atoms with E-state index in [9.17, 15) is 9.59 Å². The average Bonchev–Trinajstić information content (AvgIpc) is 2.58. The Bertz CT molecular complexity index is 433. The number of carbonyl (C=O) groups is 2. The molecule has 1 rings (SSSR count). The Morgan fingerprint density at radius 3 is 2.53 bits per heavy atom. The molecular weight excluding hydrogens is 374 g/mol. The minimum absolute atomic E-state index is 0.0392. The van der Waals surface area contributed by atoms with Gasteiger partial charge in [-0.3, -0.25) is 9.59 Å². The number of nitrogens with zero attached hydrogens (tertiary/aromatic N) is 1. The predicted octanol–water partition coefficient (Wildman–Crippen LogP) is 3.21. The molecule has 7 heteroatoms. The van der Waals surface area contributed by atoms with Crippen LogP contribution in [0.15, 0.2) is 13.6 Å². The predicted molar refractivity (Wildman–Crippen MR) is 73.5 cm³/mol. The van der Waals surface area contributed by atoms with Crippen molar-refractivity contribution in [1.82, 2.24) is 4.90 Å². The average molecular weight is 385 g/mol. The molecule has 0 aliphatic rings. The maximum absolute atomic E-state index is 12.1. The topological polar surface area (TPSA) is 57.6 Å². The molecule has 1 aromatic rings. The first-order valence-corrected chi connectivity index (χ1v) is 7.31. The lowest BCUT2D eigenvalue weighted by Crippen LogP contribution is -2.32. The molecule has 17 heavy (non-hydrogen) atoms. The van der Waals surface area contributed by atoms with E-state index < -0.39 is 5.97 Å². The third-order valence-corrected chi connectivity index (χ3v) is 4.49. The zero-order chi connectivity index (χ0) is 13.0. The Morgan fingerprint density at radius 1 is 1.47 bits per heavy atom. The number of thiophene rings is 1. The van der Waals surface area contributed by atoms with Crippen LogP contribution in [-0.2, 0) is 4.79 Å². The molecule has 1 N–H and O–H groups in total. The summed E-state index contributed by atoms with van der Waals surface area (Å²) in [7, 11) is 0. The number of hydrogen-bond donors (Lipinski definition) is 1. The van der Waals surface area contributed by atoms with Gasteiger partial charge in [-0.05, 0) is 44.8 Å². The molecule has 94 valence electrons. The van der Waals surface area contributed by atoms with E-state index in [1.165, 1.54) is 16.2 Å². The van der Waals surface area contributed by atoms with E-state index in [1.807, 2.05) is 6.92 Å².